The Kier molecular flexibility index (Phi) is 12.0. The van der Waals surface area contributed by atoms with Crippen molar-refractivity contribution in [1.82, 2.24) is 0 Å². The van der Waals surface area contributed by atoms with Gasteiger partial charge in [-0.05, 0) is 24.8 Å². The Hall–Kier alpha value is 1.48. The number of carbonyl (C=O) groups is 1. The summed E-state index contributed by atoms with van der Waals surface area (Å²) in [6, 6.07) is 0. The van der Waals surface area contributed by atoms with Crippen molar-refractivity contribution < 1.29 is 80.2 Å². The van der Waals surface area contributed by atoms with Crippen molar-refractivity contribution in [3.05, 3.63) is 0 Å². The summed E-state index contributed by atoms with van der Waals surface area (Å²) in [5.41, 5.74) is 5.41. The van der Waals surface area contributed by atoms with Crippen LogP contribution in [0.5, 0.6) is 0 Å². The fourth-order valence-corrected chi connectivity index (χ4v) is 1.18. The molecular formula is C8H18CsNO2. The van der Waals surface area contributed by atoms with Crippen LogP contribution in [0, 0.1) is 11.8 Å². The number of rotatable bonds is 5. The van der Waals surface area contributed by atoms with Gasteiger partial charge in [-0.25, -0.2) is 0 Å². The Balaban J connectivity index is -0.000000500. The molecule has 4 heteroatoms. The molecule has 0 saturated heterocycles. The Morgan fingerprint density at radius 2 is 2.08 bits per heavy atom. The molecule has 0 bridgehead atoms. The van der Waals surface area contributed by atoms with E-state index in [1.807, 2.05) is 0 Å². The zero-order chi connectivity index (χ0) is 8.85. The smallest absolute Gasteiger partial charge is 1.00 e. The quantitative estimate of drug-likeness (QED) is 0.628. The van der Waals surface area contributed by atoms with E-state index >= 15 is 0 Å². The molecule has 0 rings (SSSR count). The average molecular weight is 293 g/mol. The number of nitrogens with two attached hydrogens (primary N) is 1. The summed E-state index contributed by atoms with van der Waals surface area (Å²) in [6.45, 7) is 4.62. The molecule has 12 heavy (non-hydrogen) atoms. The minimum absolute atomic E-state index is 0. The molecule has 0 aliphatic heterocycles. The molecular weight excluding hydrogens is 275 g/mol. The third kappa shape index (κ3) is 9.57. The van der Waals surface area contributed by atoms with E-state index in [0.717, 1.165) is 6.42 Å². The second kappa shape index (κ2) is 9.05. The fraction of sp³-hybridized carbons (Fsp3) is 0.875. The molecule has 0 aromatic rings. The Bertz CT molecular complexity index is 133. The molecule has 0 aromatic heterocycles. The summed E-state index contributed by atoms with van der Waals surface area (Å²) in [7, 11) is 0. The van der Waals surface area contributed by atoms with Gasteiger partial charge in [0.2, 0.25) is 0 Å². The standard InChI is InChI=1S/C8H17NO2.Cs.H/c1-6(2)3-7(5-9)4-8(10)11;;/h6-7H,3-5,9H2,1-2H3,(H,10,11);;/q;+1;-1. The molecule has 0 saturated carbocycles. The number of hydrogen-bond acceptors (Lipinski definition) is 2. The van der Waals surface area contributed by atoms with E-state index < -0.39 is 5.97 Å². The molecule has 3 nitrogen and oxygen atoms in total. The summed E-state index contributed by atoms with van der Waals surface area (Å²) in [5, 5.41) is 8.47. The molecule has 0 spiro atoms. The summed E-state index contributed by atoms with van der Waals surface area (Å²) in [4.78, 5) is 10.3. The summed E-state index contributed by atoms with van der Waals surface area (Å²) in [5.74, 6) is -0.0727. The molecule has 0 aliphatic carbocycles. The van der Waals surface area contributed by atoms with Crippen LogP contribution in [-0.4, -0.2) is 17.6 Å². The van der Waals surface area contributed by atoms with Crippen molar-refractivity contribution in [3.63, 3.8) is 0 Å². The first-order chi connectivity index (χ1) is 5.06. The number of hydrogen-bond donors (Lipinski definition) is 2. The number of aliphatic carboxylic acids is 1. The van der Waals surface area contributed by atoms with Crippen LogP contribution in [0.1, 0.15) is 28.1 Å². The van der Waals surface area contributed by atoms with E-state index in [2.05, 4.69) is 13.8 Å². The molecule has 1 unspecified atom stereocenters. The van der Waals surface area contributed by atoms with Crippen molar-refractivity contribution in [2.24, 2.45) is 17.6 Å². The minimum Gasteiger partial charge on any atom is -1.00 e. The third-order valence-corrected chi connectivity index (χ3v) is 1.60. The van der Waals surface area contributed by atoms with E-state index in [4.69, 9.17) is 10.8 Å². The SMILES string of the molecule is CC(C)CC(CN)CC(=O)O.[Cs+].[H-]. The monoisotopic (exact) mass is 293 g/mol. The van der Waals surface area contributed by atoms with Gasteiger partial charge in [0.1, 0.15) is 0 Å². The van der Waals surface area contributed by atoms with Crippen molar-refractivity contribution in [3.8, 4) is 0 Å². The first kappa shape index (κ1) is 15.9. The maximum atomic E-state index is 10.3. The summed E-state index contributed by atoms with van der Waals surface area (Å²) in [6.07, 6.45) is 1.11. The van der Waals surface area contributed by atoms with Crippen LogP contribution in [0.15, 0.2) is 0 Å². The normalized spacial score (nSPS) is 12.3. The molecule has 68 valence electrons. The molecule has 3 N–H and O–H groups in total. The van der Waals surface area contributed by atoms with Crippen LogP contribution in [0.25, 0.3) is 0 Å². The van der Waals surface area contributed by atoms with Crippen LogP contribution < -0.4 is 74.6 Å². The molecule has 0 heterocycles. The van der Waals surface area contributed by atoms with Gasteiger partial charge < -0.3 is 12.3 Å². The van der Waals surface area contributed by atoms with Crippen LogP contribution in [-0.2, 0) is 4.79 Å². The molecule has 0 radical (unpaired) electrons. The first-order valence-corrected chi connectivity index (χ1v) is 3.98. The van der Waals surface area contributed by atoms with E-state index in [1.165, 1.54) is 0 Å². The van der Waals surface area contributed by atoms with Gasteiger partial charge in [-0.2, -0.15) is 0 Å². The van der Waals surface area contributed by atoms with Crippen LogP contribution in [0.2, 0.25) is 0 Å². The average Bonchev–Trinajstić information content (AvgIpc) is 1.84. The molecule has 0 aromatic carbocycles. The second-order valence-electron chi connectivity index (χ2n) is 3.33. The van der Waals surface area contributed by atoms with Crippen LogP contribution >= 0.6 is 0 Å². The maximum absolute atomic E-state index is 10.3. The second-order valence-corrected chi connectivity index (χ2v) is 3.33. The molecule has 0 amide bonds. The van der Waals surface area contributed by atoms with Gasteiger partial charge in [0.15, 0.2) is 0 Å². The number of carboxylic acids is 1. The first-order valence-electron chi connectivity index (χ1n) is 3.98. The van der Waals surface area contributed by atoms with Gasteiger partial charge in [-0.3, -0.25) is 4.79 Å². The van der Waals surface area contributed by atoms with Gasteiger partial charge in [-0.1, -0.05) is 13.8 Å². The molecule has 0 aliphatic rings. The Morgan fingerprint density at radius 3 is 2.33 bits per heavy atom. The van der Waals surface area contributed by atoms with E-state index in [9.17, 15) is 4.79 Å². The number of carboxylic acid groups (broad SMARTS) is 1. The van der Waals surface area contributed by atoms with Gasteiger partial charge in [0.25, 0.3) is 0 Å². The zero-order valence-electron chi connectivity index (χ0n) is 9.21. The van der Waals surface area contributed by atoms with Gasteiger partial charge in [-0.15, -0.1) is 0 Å². The summed E-state index contributed by atoms with van der Waals surface area (Å²) < 4.78 is 0. The predicted molar refractivity (Wildman–Crippen MR) is 45.4 cm³/mol. The molecule has 0 fully saturated rings. The van der Waals surface area contributed by atoms with Crippen LogP contribution in [0.4, 0.5) is 0 Å². The fourth-order valence-electron chi connectivity index (χ4n) is 1.18. The summed E-state index contributed by atoms with van der Waals surface area (Å²) >= 11 is 0. The van der Waals surface area contributed by atoms with E-state index in [-0.39, 0.29) is 82.7 Å². The van der Waals surface area contributed by atoms with E-state index in [0.29, 0.717) is 12.5 Å². The van der Waals surface area contributed by atoms with Gasteiger partial charge in [0, 0.05) is 6.42 Å². The van der Waals surface area contributed by atoms with Gasteiger partial charge >= 0.3 is 74.9 Å². The van der Waals surface area contributed by atoms with Gasteiger partial charge in [0.05, 0.1) is 0 Å². The van der Waals surface area contributed by atoms with E-state index in [1.54, 1.807) is 0 Å². The zero-order valence-corrected chi connectivity index (χ0v) is 14.5. The Labute approximate surface area is 134 Å². The molecule has 1 atom stereocenters. The maximum Gasteiger partial charge on any atom is 1.00 e. The minimum atomic E-state index is -0.749. The van der Waals surface area contributed by atoms with Crippen molar-refractivity contribution >= 4 is 5.97 Å². The Morgan fingerprint density at radius 1 is 1.58 bits per heavy atom. The van der Waals surface area contributed by atoms with Crippen molar-refractivity contribution in [2.45, 2.75) is 26.7 Å². The third-order valence-electron chi connectivity index (χ3n) is 1.60. The van der Waals surface area contributed by atoms with Crippen LogP contribution in [0.3, 0.4) is 0 Å². The largest absolute Gasteiger partial charge is 1.00 e. The topological polar surface area (TPSA) is 63.3 Å². The van der Waals surface area contributed by atoms with Crippen molar-refractivity contribution in [2.75, 3.05) is 6.54 Å². The van der Waals surface area contributed by atoms with Crippen molar-refractivity contribution in [1.29, 1.82) is 0 Å². The predicted octanol–water partition coefficient (Wildman–Crippen LogP) is -1.80.